The van der Waals surface area contributed by atoms with Gasteiger partial charge in [-0.1, -0.05) is 29.8 Å². The van der Waals surface area contributed by atoms with E-state index in [9.17, 15) is 13.5 Å². The van der Waals surface area contributed by atoms with E-state index < -0.39 is 10.1 Å². The highest BCUT2D eigenvalue weighted by molar-refractivity contribution is 7.87. The predicted octanol–water partition coefficient (Wildman–Crippen LogP) is 2.95. The van der Waals surface area contributed by atoms with Crippen molar-refractivity contribution in [3.05, 3.63) is 66.4 Å². The van der Waals surface area contributed by atoms with Crippen LogP contribution in [0, 0.1) is 6.92 Å². The molecule has 2 aromatic heterocycles. The number of rotatable bonds is 3. The first kappa shape index (κ1) is 15.5. The fourth-order valence-corrected chi connectivity index (χ4v) is 3.61. The second kappa shape index (κ2) is 5.49. The fraction of sp³-hybridized carbons (Fsp3) is 0.0556. The summed E-state index contributed by atoms with van der Waals surface area (Å²) < 4.78 is 37.4. The molecule has 0 atom stereocenters. The standard InChI is InChI=1S/C18H13NO5S/c1-12-6-8-13(9-7-12)25(21,22)24-16-10-17-19(11-18(20)23-17)15-5-3-2-4-14(15)16/h2-11H,1H3/p+1. The van der Waals surface area contributed by atoms with Gasteiger partial charge >= 0.3 is 21.8 Å². The van der Waals surface area contributed by atoms with Crippen LogP contribution < -0.4 is 8.58 Å². The van der Waals surface area contributed by atoms with Crippen molar-refractivity contribution in [1.82, 2.24) is 0 Å². The Hall–Kier alpha value is -3.06. The fourth-order valence-electron chi connectivity index (χ4n) is 2.67. The van der Waals surface area contributed by atoms with Gasteiger partial charge in [-0.05, 0) is 25.1 Å². The third-order valence-corrected chi connectivity index (χ3v) is 5.13. The molecule has 0 radical (unpaired) electrons. The summed E-state index contributed by atoms with van der Waals surface area (Å²) in [7, 11) is -4.00. The molecule has 0 aliphatic carbocycles. The van der Waals surface area contributed by atoms with Crippen LogP contribution in [0.15, 0.2) is 70.1 Å². The number of aryl methyl sites for hydroxylation is 1. The number of benzene rings is 2. The zero-order valence-electron chi connectivity index (χ0n) is 13.2. The predicted molar refractivity (Wildman–Crippen MR) is 90.0 cm³/mol. The van der Waals surface area contributed by atoms with E-state index in [1.165, 1.54) is 24.4 Å². The molecule has 0 unspecified atom stereocenters. The van der Waals surface area contributed by atoms with Crippen LogP contribution in [0.1, 0.15) is 5.56 Å². The highest BCUT2D eigenvalue weighted by Crippen LogP contribution is 2.29. The molecular formula is C18H14NO5S+. The topological polar surface area (TPSA) is 80.8 Å². The molecule has 7 heteroatoms. The second-order valence-electron chi connectivity index (χ2n) is 5.65. The molecule has 4 aromatic rings. The zero-order valence-corrected chi connectivity index (χ0v) is 14.0. The van der Waals surface area contributed by atoms with Crippen LogP contribution in [0.2, 0.25) is 0 Å². The third kappa shape index (κ3) is 2.68. The first-order valence-corrected chi connectivity index (χ1v) is 8.92. The van der Waals surface area contributed by atoms with Gasteiger partial charge in [0, 0.05) is 6.07 Å². The molecule has 0 aliphatic rings. The van der Waals surface area contributed by atoms with Crippen molar-refractivity contribution in [2.24, 2.45) is 0 Å². The van der Waals surface area contributed by atoms with E-state index in [0.717, 1.165) is 5.56 Å². The van der Waals surface area contributed by atoms with Crippen LogP contribution in [0.4, 0.5) is 0 Å². The Morgan fingerprint density at radius 3 is 2.56 bits per heavy atom. The van der Waals surface area contributed by atoms with Crippen LogP contribution in [0.5, 0.6) is 11.7 Å². The van der Waals surface area contributed by atoms with E-state index >= 15 is 0 Å². The monoisotopic (exact) mass is 356 g/mol. The molecule has 126 valence electrons. The summed E-state index contributed by atoms with van der Waals surface area (Å²) in [5, 5.41) is 10.2. The third-order valence-electron chi connectivity index (χ3n) is 3.88. The van der Waals surface area contributed by atoms with Gasteiger partial charge in [0.2, 0.25) is 5.52 Å². The molecule has 0 amide bonds. The molecule has 2 heterocycles. The van der Waals surface area contributed by atoms with E-state index in [2.05, 4.69) is 0 Å². The largest absolute Gasteiger partial charge is 0.476 e. The molecular weight excluding hydrogens is 342 g/mol. The molecule has 0 saturated carbocycles. The maximum absolute atomic E-state index is 12.6. The summed E-state index contributed by atoms with van der Waals surface area (Å²) in [6.07, 6.45) is 1.41. The summed E-state index contributed by atoms with van der Waals surface area (Å²) in [5.41, 5.74) is 1.87. The molecule has 1 N–H and O–H groups in total. The van der Waals surface area contributed by atoms with Gasteiger partial charge in [0.1, 0.15) is 4.90 Å². The Morgan fingerprint density at radius 2 is 1.80 bits per heavy atom. The van der Waals surface area contributed by atoms with Crippen molar-refractivity contribution in [3.63, 3.8) is 0 Å². The van der Waals surface area contributed by atoms with Gasteiger partial charge in [-0.25, -0.2) is 0 Å². The SMILES string of the molecule is Cc1ccc(S(=O)(=O)Oc2cc3oc(O)c[n+]3c3ccccc23)cc1. The average molecular weight is 356 g/mol. The number of fused-ring (bicyclic) bond motifs is 3. The number of pyridine rings is 1. The van der Waals surface area contributed by atoms with Gasteiger partial charge in [0.25, 0.3) is 6.20 Å². The number of hydrogen-bond donors (Lipinski definition) is 1. The highest BCUT2D eigenvalue weighted by Gasteiger charge is 2.24. The lowest BCUT2D eigenvalue weighted by molar-refractivity contribution is -0.483. The van der Waals surface area contributed by atoms with Gasteiger partial charge in [0.05, 0.1) is 11.5 Å². The van der Waals surface area contributed by atoms with Crippen molar-refractivity contribution >= 4 is 26.7 Å². The van der Waals surface area contributed by atoms with Crippen LogP contribution in [0.3, 0.4) is 0 Å². The number of aromatic hydroxyl groups is 1. The molecule has 0 aliphatic heterocycles. The quantitative estimate of drug-likeness (QED) is 0.451. The first-order valence-electron chi connectivity index (χ1n) is 7.51. The first-order chi connectivity index (χ1) is 11.9. The number of aromatic nitrogens is 1. The molecule has 0 bridgehead atoms. The maximum atomic E-state index is 12.6. The molecule has 0 fully saturated rings. The lowest BCUT2D eigenvalue weighted by Gasteiger charge is -2.08. The van der Waals surface area contributed by atoms with Crippen LogP contribution in [0.25, 0.3) is 16.6 Å². The maximum Gasteiger partial charge on any atom is 0.385 e. The minimum atomic E-state index is -4.00. The van der Waals surface area contributed by atoms with Gasteiger partial charge < -0.3 is 13.7 Å². The molecule has 0 saturated heterocycles. The van der Waals surface area contributed by atoms with E-state index in [1.54, 1.807) is 40.8 Å². The van der Waals surface area contributed by atoms with E-state index in [1.807, 2.05) is 6.92 Å². The lowest BCUT2D eigenvalue weighted by Crippen LogP contribution is -2.20. The van der Waals surface area contributed by atoms with Crippen molar-refractivity contribution in [1.29, 1.82) is 0 Å². The van der Waals surface area contributed by atoms with E-state index in [4.69, 9.17) is 8.60 Å². The van der Waals surface area contributed by atoms with E-state index in [-0.39, 0.29) is 22.3 Å². The summed E-state index contributed by atoms with van der Waals surface area (Å²) in [6.45, 7) is 1.87. The molecule has 0 spiro atoms. The summed E-state index contributed by atoms with van der Waals surface area (Å²) in [4.78, 5) is 0.0669. The smallest absolute Gasteiger partial charge is 0.385 e. The van der Waals surface area contributed by atoms with Crippen molar-refractivity contribution in [2.75, 3.05) is 0 Å². The number of nitrogens with zero attached hydrogens (tertiary/aromatic N) is 1. The van der Waals surface area contributed by atoms with Crippen LogP contribution >= 0.6 is 0 Å². The van der Waals surface area contributed by atoms with Gasteiger partial charge in [-0.2, -0.15) is 8.42 Å². The number of oxazole rings is 1. The summed E-state index contributed by atoms with van der Waals surface area (Å²) in [5.74, 6) is -0.144. The summed E-state index contributed by atoms with van der Waals surface area (Å²) >= 11 is 0. The average Bonchev–Trinajstić information content (AvgIpc) is 2.95. The number of hydrogen-bond acceptors (Lipinski definition) is 5. The Kier molecular flexibility index (Phi) is 3.40. The van der Waals surface area contributed by atoms with Crippen LogP contribution in [-0.2, 0) is 10.1 Å². The zero-order chi connectivity index (χ0) is 17.6. The van der Waals surface area contributed by atoms with Gasteiger partial charge in [-0.15, -0.1) is 4.40 Å². The van der Waals surface area contributed by atoms with Gasteiger partial charge in [-0.3, -0.25) is 0 Å². The highest BCUT2D eigenvalue weighted by atomic mass is 32.2. The van der Waals surface area contributed by atoms with Gasteiger partial charge in [0.15, 0.2) is 5.75 Å². The van der Waals surface area contributed by atoms with Crippen molar-refractivity contribution in [3.8, 4) is 11.7 Å². The Labute approximate surface area is 143 Å². The van der Waals surface area contributed by atoms with E-state index in [0.29, 0.717) is 10.9 Å². The minimum absolute atomic E-state index is 0.0669. The van der Waals surface area contributed by atoms with Crippen LogP contribution in [-0.4, -0.2) is 13.5 Å². The molecule has 4 rings (SSSR count). The number of para-hydroxylation sites is 1. The molecule has 6 nitrogen and oxygen atoms in total. The summed E-state index contributed by atoms with van der Waals surface area (Å²) in [6, 6.07) is 15.0. The normalized spacial score (nSPS) is 11.9. The Morgan fingerprint density at radius 1 is 1.08 bits per heavy atom. The molecule has 2 aromatic carbocycles. The Bertz CT molecular complexity index is 1190. The Balaban J connectivity index is 1.89. The van der Waals surface area contributed by atoms with Crippen molar-refractivity contribution in [2.45, 2.75) is 11.8 Å². The lowest BCUT2D eigenvalue weighted by atomic mass is 10.2. The minimum Gasteiger partial charge on any atom is -0.476 e. The van der Waals surface area contributed by atoms with Crippen molar-refractivity contribution < 1.29 is 26.5 Å². The molecule has 25 heavy (non-hydrogen) atoms. The second-order valence-corrected chi connectivity index (χ2v) is 7.20.